The number of hydrogen-bond donors (Lipinski definition) is 2. The summed E-state index contributed by atoms with van der Waals surface area (Å²) >= 11 is 0. The first kappa shape index (κ1) is 23.0. The van der Waals surface area contributed by atoms with E-state index in [2.05, 4.69) is 70.9 Å². The third-order valence-electron chi connectivity index (χ3n) is 6.26. The van der Waals surface area contributed by atoms with Crippen molar-refractivity contribution in [1.29, 1.82) is 0 Å². The monoisotopic (exact) mass is 440 g/mol. The fraction of sp³-hybridized carbons (Fsp3) is 0.276. The maximum absolute atomic E-state index is 12.2. The molecule has 1 heterocycles. The van der Waals surface area contributed by atoms with E-state index in [9.17, 15) is 9.90 Å². The molecular formula is C29H32N2O2. The van der Waals surface area contributed by atoms with Crippen molar-refractivity contribution in [2.24, 2.45) is 0 Å². The molecule has 3 atom stereocenters. The fourth-order valence-corrected chi connectivity index (χ4v) is 4.54. The Morgan fingerprint density at radius 1 is 0.818 bits per heavy atom. The molecule has 0 saturated heterocycles. The van der Waals surface area contributed by atoms with Gasteiger partial charge in [-0.05, 0) is 42.0 Å². The first-order valence-electron chi connectivity index (χ1n) is 11.7. The van der Waals surface area contributed by atoms with Crippen LogP contribution in [0.25, 0.3) is 0 Å². The van der Waals surface area contributed by atoms with Crippen molar-refractivity contribution >= 4 is 5.91 Å². The van der Waals surface area contributed by atoms with E-state index >= 15 is 0 Å². The minimum atomic E-state index is -0.707. The van der Waals surface area contributed by atoms with Crippen molar-refractivity contribution in [3.8, 4) is 0 Å². The van der Waals surface area contributed by atoms with E-state index in [0.717, 1.165) is 12.8 Å². The van der Waals surface area contributed by atoms with Gasteiger partial charge in [0.1, 0.15) is 0 Å². The molecule has 2 N–H and O–H groups in total. The van der Waals surface area contributed by atoms with Gasteiger partial charge in [-0.1, -0.05) is 97.1 Å². The molecule has 4 rings (SSSR count). The number of benzene rings is 3. The smallest absolute Gasteiger partial charge is 0.243 e. The van der Waals surface area contributed by atoms with Crippen molar-refractivity contribution in [1.82, 2.24) is 10.2 Å². The number of carbonyl (C=O) groups excluding carboxylic acids is 1. The largest absolute Gasteiger partial charge is 0.389 e. The highest BCUT2D eigenvalue weighted by molar-refractivity contribution is 5.88. The fourth-order valence-electron chi connectivity index (χ4n) is 4.54. The third kappa shape index (κ3) is 6.64. The van der Waals surface area contributed by atoms with Crippen LogP contribution in [0.2, 0.25) is 0 Å². The lowest BCUT2D eigenvalue weighted by Crippen LogP contribution is -2.54. The molecule has 0 spiro atoms. The van der Waals surface area contributed by atoms with Gasteiger partial charge in [0.25, 0.3) is 0 Å². The summed E-state index contributed by atoms with van der Waals surface area (Å²) in [5, 5.41) is 14.7. The summed E-state index contributed by atoms with van der Waals surface area (Å²) in [6.45, 7) is 1.42. The Hall–Kier alpha value is -3.21. The van der Waals surface area contributed by atoms with Crippen molar-refractivity contribution in [3.63, 3.8) is 0 Å². The quantitative estimate of drug-likeness (QED) is 0.515. The van der Waals surface area contributed by atoms with Gasteiger partial charge in [-0.3, -0.25) is 9.69 Å². The summed E-state index contributed by atoms with van der Waals surface area (Å²) in [7, 11) is 0. The summed E-state index contributed by atoms with van der Waals surface area (Å²) in [6.07, 6.45) is 4.95. The van der Waals surface area contributed by atoms with Gasteiger partial charge in [0.05, 0.1) is 12.1 Å². The van der Waals surface area contributed by atoms with Crippen molar-refractivity contribution in [2.45, 2.75) is 50.5 Å². The van der Waals surface area contributed by atoms with Gasteiger partial charge in [-0.25, -0.2) is 0 Å². The van der Waals surface area contributed by atoms with Crippen LogP contribution in [0.1, 0.15) is 29.5 Å². The molecular weight excluding hydrogens is 408 g/mol. The maximum atomic E-state index is 12.2. The number of aliphatic hydroxyl groups is 1. The molecule has 4 nitrogen and oxygen atoms in total. The van der Waals surface area contributed by atoms with Crippen LogP contribution in [-0.2, 0) is 24.3 Å². The van der Waals surface area contributed by atoms with Crippen LogP contribution in [0.5, 0.6) is 0 Å². The molecule has 0 aromatic heterocycles. The Labute approximate surface area is 196 Å². The molecule has 3 aromatic rings. The molecule has 0 radical (unpaired) electrons. The number of nitrogens with one attached hydrogen (secondary N) is 1. The zero-order valence-electron chi connectivity index (χ0n) is 18.9. The molecule has 0 bridgehead atoms. The van der Waals surface area contributed by atoms with Crippen LogP contribution < -0.4 is 5.32 Å². The topological polar surface area (TPSA) is 52.6 Å². The second kappa shape index (κ2) is 11.6. The number of nitrogens with zero attached hydrogens (tertiary/aromatic N) is 1. The number of amides is 1. The molecule has 3 aromatic carbocycles. The second-order valence-electron chi connectivity index (χ2n) is 8.72. The third-order valence-corrected chi connectivity index (χ3v) is 6.26. The molecule has 4 heteroatoms. The Balaban J connectivity index is 1.66. The van der Waals surface area contributed by atoms with E-state index in [4.69, 9.17) is 0 Å². The lowest BCUT2D eigenvalue weighted by molar-refractivity contribution is -0.118. The average molecular weight is 441 g/mol. The van der Waals surface area contributed by atoms with E-state index in [-0.39, 0.29) is 18.0 Å². The van der Waals surface area contributed by atoms with Gasteiger partial charge in [0, 0.05) is 19.1 Å². The summed E-state index contributed by atoms with van der Waals surface area (Å²) in [5.41, 5.74) is 3.57. The summed E-state index contributed by atoms with van der Waals surface area (Å²) < 4.78 is 0. The van der Waals surface area contributed by atoms with Gasteiger partial charge in [-0.15, -0.1) is 0 Å². The Morgan fingerprint density at radius 3 is 1.88 bits per heavy atom. The van der Waals surface area contributed by atoms with Crippen molar-refractivity contribution in [2.75, 3.05) is 0 Å². The Kier molecular flexibility index (Phi) is 8.07. The molecule has 1 aliphatic rings. The minimum absolute atomic E-state index is 0.132. The summed E-state index contributed by atoms with van der Waals surface area (Å²) in [6, 6.07) is 30.6. The standard InChI is InChI=1S/C29H32N2O2/c32-28-19-11-10-18-26(30-28)29(33)27(20-23-12-4-1-5-13-23)31(21-24-14-6-2-7-15-24)22-25-16-8-3-9-17-25/h1-9,11-17,19,26-27,29,33H,10,18,20-22H2,(H,30,32)/t26?,27-,29+/m0/s1. The average Bonchev–Trinajstić information content (AvgIpc) is 3.08. The van der Waals surface area contributed by atoms with E-state index in [1.165, 1.54) is 16.7 Å². The molecule has 0 saturated carbocycles. The zero-order chi connectivity index (χ0) is 22.9. The molecule has 1 unspecified atom stereocenters. The number of hydrogen-bond acceptors (Lipinski definition) is 3. The molecule has 0 aliphatic carbocycles. The first-order chi connectivity index (χ1) is 16.2. The van der Waals surface area contributed by atoms with Gasteiger partial charge in [0.15, 0.2) is 0 Å². The predicted molar refractivity (Wildman–Crippen MR) is 132 cm³/mol. The lowest BCUT2D eigenvalue weighted by atomic mass is 9.92. The van der Waals surface area contributed by atoms with Crippen LogP contribution in [0.3, 0.4) is 0 Å². The summed E-state index contributed by atoms with van der Waals surface area (Å²) in [4.78, 5) is 14.6. The first-order valence-corrected chi connectivity index (χ1v) is 11.7. The maximum Gasteiger partial charge on any atom is 0.243 e. The molecule has 170 valence electrons. The number of allylic oxidation sites excluding steroid dienone is 1. The summed E-state index contributed by atoms with van der Waals surface area (Å²) in [5.74, 6) is -0.132. The lowest BCUT2D eigenvalue weighted by Gasteiger charge is -2.38. The molecule has 33 heavy (non-hydrogen) atoms. The van der Waals surface area contributed by atoms with Crippen molar-refractivity contribution < 1.29 is 9.90 Å². The van der Waals surface area contributed by atoms with Crippen LogP contribution in [0.15, 0.2) is 103 Å². The van der Waals surface area contributed by atoms with Crippen LogP contribution in [-0.4, -0.2) is 34.1 Å². The van der Waals surface area contributed by atoms with Crippen LogP contribution in [0.4, 0.5) is 0 Å². The number of rotatable bonds is 9. The van der Waals surface area contributed by atoms with Gasteiger partial charge < -0.3 is 10.4 Å². The highest BCUT2D eigenvalue weighted by atomic mass is 16.3. The van der Waals surface area contributed by atoms with Gasteiger partial charge in [0.2, 0.25) is 5.91 Å². The number of aliphatic hydroxyl groups excluding tert-OH is 1. The highest BCUT2D eigenvalue weighted by Gasteiger charge is 2.33. The SMILES string of the molecule is O=C1C=CCCC([C@@H](O)[C@H](Cc2ccccc2)N(Cc2ccccc2)Cc2ccccc2)N1. The van der Waals surface area contributed by atoms with E-state index in [1.54, 1.807) is 6.08 Å². The van der Waals surface area contributed by atoms with Crippen LogP contribution >= 0.6 is 0 Å². The zero-order valence-corrected chi connectivity index (χ0v) is 18.9. The minimum Gasteiger partial charge on any atom is -0.389 e. The van der Waals surface area contributed by atoms with E-state index < -0.39 is 6.10 Å². The van der Waals surface area contributed by atoms with E-state index in [0.29, 0.717) is 19.5 Å². The second-order valence-corrected chi connectivity index (χ2v) is 8.72. The molecule has 1 amide bonds. The number of carbonyl (C=O) groups is 1. The Morgan fingerprint density at radius 2 is 1.33 bits per heavy atom. The van der Waals surface area contributed by atoms with Gasteiger partial charge >= 0.3 is 0 Å². The van der Waals surface area contributed by atoms with Gasteiger partial charge in [-0.2, -0.15) is 0 Å². The van der Waals surface area contributed by atoms with Crippen molar-refractivity contribution in [3.05, 3.63) is 120 Å². The van der Waals surface area contributed by atoms with Crippen LogP contribution in [0, 0.1) is 0 Å². The molecule has 1 aliphatic heterocycles. The Bertz CT molecular complexity index is 980. The molecule has 0 fully saturated rings. The van der Waals surface area contributed by atoms with E-state index in [1.807, 2.05) is 36.4 Å². The highest BCUT2D eigenvalue weighted by Crippen LogP contribution is 2.23. The predicted octanol–water partition coefficient (Wildman–Crippen LogP) is 4.50. The normalized spacial score (nSPS) is 17.9.